The van der Waals surface area contributed by atoms with Crippen molar-refractivity contribution in [2.75, 3.05) is 0 Å². The maximum Gasteiger partial charge on any atom is 0.336 e. The summed E-state index contributed by atoms with van der Waals surface area (Å²) in [5, 5.41) is 0.625. The summed E-state index contributed by atoms with van der Waals surface area (Å²) < 4.78 is 7.70. The zero-order valence-electron chi connectivity index (χ0n) is 14.8. The molecule has 0 fully saturated rings. The molecule has 3 aromatic carbocycles. The third-order valence-electron chi connectivity index (χ3n) is 3.68. The third-order valence-corrected chi connectivity index (χ3v) is 5.62. The van der Waals surface area contributed by atoms with Crippen LogP contribution in [-0.4, -0.2) is 12.2 Å². The van der Waals surface area contributed by atoms with Gasteiger partial charge in [0.1, 0.15) is 0 Å². The van der Waals surface area contributed by atoms with Gasteiger partial charge >= 0.3 is 5.97 Å². The van der Waals surface area contributed by atoms with Gasteiger partial charge in [0.25, 0.3) is 0 Å². The lowest BCUT2D eigenvalue weighted by atomic mass is 10.2. The Kier molecular flexibility index (Phi) is 7.84. The Morgan fingerprint density at radius 2 is 1.62 bits per heavy atom. The second-order valence-electron chi connectivity index (χ2n) is 5.86. The molecule has 0 unspecified atom stereocenters. The Hall–Kier alpha value is -1.73. The minimum atomic E-state index is -0.477. The molecule has 3 aromatic rings. The summed E-state index contributed by atoms with van der Waals surface area (Å²) in [6, 6.07) is 18.5. The van der Waals surface area contributed by atoms with Crippen molar-refractivity contribution in [3.8, 4) is 5.75 Å². The number of ether oxygens (including phenoxy) is 1. The van der Waals surface area contributed by atoms with Gasteiger partial charge in [-0.1, -0.05) is 45.7 Å². The van der Waals surface area contributed by atoms with Gasteiger partial charge in [-0.2, -0.15) is 0 Å². The highest BCUT2D eigenvalue weighted by atomic mass is 79.9. The summed E-state index contributed by atoms with van der Waals surface area (Å²) in [7, 11) is 0. The van der Waals surface area contributed by atoms with Crippen molar-refractivity contribution < 1.29 is 9.53 Å². The first-order valence-electron chi connectivity index (χ1n) is 8.35. The molecule has 7 heteroatoms. The van der Waals surface area contributed by atoms with Gasteiger partial charge < -0.3 is 4.74 Å². The van der Waals surface area contributed by atoms with E-state index in [1.165, 1.54) is 6.08 Å². The van der Waals surface area contributed by atoms with Crippen molar-refractivity contribution in [1.29, 1.82) is 0 Å². The quantitative estimate of drug-likeness (QED) is 0.129. The molecule has 0 amide bonds. The molecule has 0 saturated carbocycles. The fourth-order valence-electron chi connectivity index (χ4n) is 2.33. The Morgan fingerprint density at radius 3 is 2.28 bits per heavy atom. The van der Waals surface area contributed by atoms with Crippen LogP contribution < -0.4 is 4.74 Å². The molecule has 0 saturated heterocycles. The van der Waals surface area contributed by atoms with Gasteiger partial charge in [-0.25, -0.2) is 4.79 Å². The fraction of sp³-hybridized carbons (Fsp3) is 0. The van der Waals surface area contributed by atoms with E-state index in [-0.39, 0.29) is 0 Å². The van der Waals surface area contributed by atoms with Crippen LogP contribution in [0.5, 0.6) is 5.75 Å². The Balaban J connectivity index is 1.71. The largest absolute Gasteiger partial charge is 0.421 e. The van der Waals surface area contributed by atoms with Gasteiger partial charge in [0.2, 0.25) is 0 Å². The number of carbonyl (C=O) groups excluding carboxylic acids is 1. The molecule has 3 nitrogen and oxygen atoms in total. The lowest BCUT2D eigenvalue weighted by molar-refractivity contribution is -0.129. The summed E-state index contributed by atoms with van der Waals surface area (Å²) in [5.41, 5.74) is 2.48. The summed E-state index contributed by atoms with van der Waals surface area (Å²) in [5.74, 6) is -0.0787. The molecule has 0 spiro atoms. The minimum absolute atomic E-state index is 0.398. The monoisotopic (exact) mass is 595 g/mol. The van der Waals surface area contributed by atoms with Gasteiger partial charge in [0.15, 0.2) is 5.75 Å². The Bertz CT molecular complexity index is 1070. The summed E-state index contributed by atoms with van der Waals surface area (Å²) in [6.07, 6.45) is 4.79. The number of aliphatic imine (C=N–C) groups is 1. The average Bonchev–Trinajstić information content (AvgIpc) is 2.69. The second-order valence-corrected chi connectivity index (χ2v) is 8.92. The first-order chi connectivity index (χ1) is 13.9. The Morgan fingerprint density at radius 1 is 0.931 bits per heavy atom. The predicted octanol–water partition coefficient (Wildman–Crippen LogP) is 8.00. The number of nitrogens with zero attached hydrogens (tertiary/aromatic N) is 1. The van der Waals surface area contributed by atoms with Crippen molar-refractivity contribution in [3.05, 3.63) is 96.3 Å². The third kappa shape index (κ3) is 6.64. The number of rotatable bonds is 5. The van der Waals surface area contributed by atoms with Crippen LogP contribution in [0.15, 0.2) is 85.2 Å². The SMILES string of the molecule is O=C(C=Cc1ccc(Br)cc1)Oc1c(Br)cc(C=Nc2cccc(Cl)c2)cc1Br. The molecule has 0 aliphatic carbocycles. The van der Waals surface area contributed by atoms with Gasteiger partial charge in [-0.15, -0.1) is 0 Å². The van der Waals surface area contributed by atoms with Gasteiger partial charge in [0, 0.05) is 21.8 Å². The highest BCUT2D eigenvalue weighted by Crippen LogP contribution is 2.35. The standard InChI is InChI=1S/C22H13Br3ClNO2/c23-16-7-4-14(5-8-16)6-9-21(28)29-22-19(24)10-15(11-20(22)25)13-27-18-3-1-2-17(26)12-18/h1-13H. The van der Waals surface area contributed by atoms with Crippen molar-refractivity contribution in [3.63, 3.8) is 0 Å². The number of carbonyl (C=O) groups is 1. The van der Waals surface area contributed by atoms with E-state index < -0.39 is 5.97 Å². The lowest BCUT2D eigenvalue weighted by Gasteiger charge is -2.08. The van der Waals surface area contributed by atoms with Crippen molar-refractivity contribution in [1.82, 2.24) is 0 Å². The van der Waals surface area contributed by atoms with E-state index in [1.54, 1.807) is 24.4 Å². The molecule has 146 valence electrons. The van der Waals surface area contributed by atoms with Crippen LogP contribution in [0, 0.1) is 0 Å². The van der Waals surface area contributed by atoms with E-state index in [0.29, 0.717) is 19.7 Å². The number of esters is 1. The molecular formula is C22H13Br3ClNO2. The summed E-state index contributed by atoms with van der Waals surface area (Å²) in [6.45, 7) is 0. The molecule has 0 bridgehead atoms. The van der Waals surface area contributed by atoms with E-state index >= 15 is 0 Å². The van der Waals surface area contributed by atoms with Gasteiger partial charge in [-0.05, 0) is 91.5 Å². The van der Waals surface area contributed by atoms with E-state index in [9.17, 15) is 4.79 Å². The summed E-state index contributed by atoms with van der Waals surface area (Å²) in [4.78, 5) is 16.6. The second kappa shape index (κ2) is 10.3. The van der Waals surface area contributed by atoms with Crippen LogP contribution in [-0.2, 0) is 4.79 Å². The zero-order chi connectivity index (χ0) is 20.8. The minimum Gasteiger partial charge on any atom is -0.421 e. The lowest BCUT2D eigenvalue weighted by Crippen LogP contribution is -2.05. The number of hydrogen-bond donors (Lipinski definition) is 0. The zero-order valence-corrected chi connectivity index (χ0v) is 20.3. The van der Waals surface area contributed by atoms with Crippen molar-refractivity contribution in [2.24, 2.45) is 4.99 Å². The summed E-state index contributed by atoms with van der Waals surface area (Å²) >= 11 is 16.2. The van der Waals surface area contributed by atoms with Crippen LogP contribution in [0.1, 0.15) is 11.1 Å². The molecule has 0 radical (unpaired) electrons. The highest BCUT2D eigenvalue weighted by Gasteiger charge is 2.11. The van der Waals surface area contributed by atoms with Crippen molar-refractivity contribution in [2.45, 2.75) is 0 Å². The average molecular weight is 599 g/mol. The van der Waals surface area contributed by atoms with Crippen LogP contribution in [0.2, 0.25) is 5.02 Å². The maximum absolute atomic E-state index is 12.2. The highest BCUT2D eigenvalue weighted by molar-refractivity contribution is 9.11. The van der Waals surface area contributed by atoms with E-state index in [4.69, 9.17) is 16.3 Å². The Labute approximate surface area is 198 Å². The van der Waals surface area contributed by atoms with Crippen LogP contribution in [0.3, 0.4) is 0 Å². The molecule has 29 heavy (non-hydrogen) atoms. The predicted molar refractivity (Wildman–Crippen MR) is 129 cm³/mol. The maximum atomic E-state index is 12.2. The molecular weight excluding hydrogens is 585 g/mol. The first-order valence-corrected chi connectivity index (χ1v) is 11.1. The van der Waals surface area contributed by atoms with Crippen molar-refractivity contribution >= 4 is 83.3 Å². The van der Waals surface area contributed by atoms with E-state index in [0.717, 1.165) is 21.3 Å². The first kappa shape index (κ1) is 22.0. The number of hydrogen-bond acceptors (Lipinski definition) is 3. The molecule has 0 aliphatic heterocycles. The molecule has 0 aromatic heterocycles. The number of benzene rings is 3. The molecule has 0 heterocycles. The van der Waals surface area contributed by atoms with E-state index in [2.05, 4.69) is 52.8 Å². The normalized spacial score (nSPS) is 11.3. The van der Waals surface area contributed by atoms with Gasteiger partial charge in [0.05, 0.1) is 14.6 Å². The molecule has 0 atom stereocenters. The van der Waals surface area contributed by atoms with Crippen LogP contribution in [0.4, 0.5) is 5.69 Å². The van der Waals surface area contributed by atoms with E-state index in [1.807, 2.05) is 48.5 Å². The number of halogens is 4. The van der Waals surface area contributed by atoms with Gasteiger partial charge in [-0.3, -0.25) is 4.99 Å². The van der Waals surface area contributed by atoms with Crippen LogP contribution in [0.25, 0.3) is 6.08 Å². The fourth-order valence-corrected chi connectivity index (χ4v) is 4.16. The molecule has 3 rings (SSSR count). The smallest absolute Gasteiger partial charge is 0.336 e. The van der Waals surface area contributed by atoms with Crippen LogP contribution >= 0.6 is 59.4 Å². The molecule has 0 N–H and O–H groups in total. The molecule has 0 aliphatic rings. The topological polar surface area (TPSA) is 38.7 Å².